The summed E-state index contributed by atoms with van der Waals surface area (Å²) in [7, 11) is 0. The molecular weight excluding hydrogens is 250 g/mol. The van der Waals surface area contributed by atoms with Gasteiger partial charge < -0.3 is 5.48 Å². The quantitative estimate of drug-likeness (QED) is 0.593. The molecule has 0 fully saturated rings. The van der Waals surface area contributed by atoms with Crippen LogP contribution in [0.4, 0.5) is 0 Å². The first-order valence-corrected chi connectivity index (χ1v) is 3.93. The molecule has 1 nitrogen and oxygen atoms in total. The topological polar surface area (TPSA) is 31.5 Å². The Bertz CT molecular complexity index is 26.5. The van der Waals surface area contributed by atoms with Crippen LogP contribution in [0, 0.1) is 0 Å². The lowest BCUT2D eigenvalue weighted by Crippen LogP contribution is -1.66. The molecule has 0 radical (unpaired) electrons. The van der Waals surface area contributed by atoms with Gasteiger partial charge in [0.15, 0.2) is 0 Å². The predicted molar refractivity (Wildman–Crippen MR) is 50.2 cm³/mol. The maximum absolute atomic E-state index is 4.81. The van der Waals surface area contributed by atoms with E-state index < -0.39 is 9.92 Å². The van der Waals surface area contributed by atoms with Gasteiger partial charge in [0.05, 0.1) is 0 Å². The van der Waals surface area contributed by atoms with Gasteiger partial charge in [0.25, 0.3) is 0 Å². The molecule has 0 saturated carbocycles. The molecule has 0 rings (SSSR count). The molecule has 56 valence electrons. The van der Waals surface area contributed by atoms with E-state index in [-0.39, 0.29) is 5.48 Å². The molecule has 0 saturated heterocycles. The van der Waals surface area contributed by atoms with Gasteiger partial charge in [0.1, 0.15) is 0 Å². The van der Waals surface area contributed by atoms with Crippen LogP contribution in [0.25, 0.3) is 0 Å². The Labute approximate surface area is 83.8 Å². The minimum absolute atomic E-state index is 0. The van der Waals surface area contributed by atoms with Gasteiger partial charge in [-0.15, -0.1) is 0 Å². The Morgan fingerprint density at radius 3 is 0.556 bits per heavy atom. The summed E-state index contributed by atoms with van der Waals surface area (Å²) in [4.78, 5) is -1.50. The van der Waals surface area contributed by atoms with Crippen LogP contribution < -0.4 is 0 Å². The van der Waals surface area contributed by atoms with E-state index >= 15 is 0 Å². The monoisotopic (exact) mass is 250 g/mol. The average molecular weight is 252 g/mol. The summed E-state index contributed by atoms with van der Waals surface area (Å²) >= 11 is 28.8. The Morgan fingerprint density at radius 2 is 0.556 bits per heavy atom. The van der Waals surface area contributed by atoms with Crippen LogP contribution in [0.5, 0.6) is 0 Å². The second-order valence-electron chi connectivity index (χ2n) is 0.495. The summed E-state index contributed by atoms with van der Waals surface area (Å²) in [5.41, 5.74) is 0. The molecule has 0 aliphatic rings. The number of hydrogen-bond acceptors (Lipinski definition) is 0. The Hall–Kier alpha value is 1.83. The van der Waals surface area contributed by atoms with Crippen molar-refractivity contribution >= 4 is 78.7 Å². The van der Waals surface area contributed by atoms with Crippen LogP contribution >= 0.6 is 68.8 Å². The van der Waals surface area contributed by atoms with Crippen LogP contribution in [0.1, 0.15) is 0 Å². The van der Waals surface area contributed by atoms with E-state index in [2.05, 4.69) is 0 Å². The molecule has 2 N–H and O–H groups in total. The second-order valence-corrected chi connectivity index (χ2v) is 4.45. The molecule has 0 atom stereocenters. The summed E-state index contributed by atoms with van der Waals surface area (Å²) in [5, 5.41) is 0. The number of hydrogen-bond donors (Lipinski definition) is 0. The molecule has 0 bridgehead atoms. The van der Waals surface area contributed by atoms with Gasteiger partial charge in [-0.25, -0.2) is 0 Å². The summed E-state index contributed by atoms with van der Waals surface area (Å²) in [6.07, 6.45) is 0. The van der Waals surface area contributed by atoms with Gasteiger partial charge in [-0.05, 0) is 0 Å². The first-order chi connectivity index (χ1) is 3.46. The highest BCUT2D eigenvalue weighted by Gasteiger charge is 1.91. The highest BCUT2D eigenvalue weighted by molar-refractivity contribution is 7.54. The average Bonchev–Trinajstić information content (AvgIpc) is 1.25. The van der Waals surface area contributed by atoms with E-state index in [1.54, 1.807) is 0 Å². The third-order valence-corrected chi connectivity index (χ3v) is 0. The molecule has 0 unspecified atom stereocenters. The smallest absolute Gasteiger partial charge is 0.412 e. The first-order valence-electron chi connectivity index (χ1n) is 1.31. The minimum Gasteiger partial charge on any atom is -0.412 e. The van der Waals surface area contributed by atoms with E-state index in [0.717, 1.165) is 0 Å². The third-order valence-electron chi connectivity index (χ3n) is 0. The maximum atomic E-state index is 4.81. The third kappa shape index (κ3) is 180. The molecule has 9 heavy (non-hydrogen) atoms. The van der Waals surface area contributed by atoms with Crippen molar-refractivity contribution in [1.82, 2.24) is 0 Å². The van der Waals surface area contributed by atoms with E-state index in [9.17, 15) is 0 Å². The lowest BCUT2D eigenvalue weighted by atomic mass is 10.7. The van der Waals surface area contributed by atoms with Gasteiger partial charge in [0.2, 0.25) is 0 Å². The van der Waals surface area contributed by atoms with Crippen LogP contribution in [0.15, 0.2) is 0 Å². The molecule has 0 aromatic rings. The molecular formula is H2B2Cl6O. The summed E-state index contributed by atoms with van der Waals surface area (Å²) in [5.74, 6) is 0. The molecule has 0 aromatic heterocycles. The SMILES string of the molecule is ClB(Cl)Cl.ClB(Cl)Cl.O. The molecule has 9 heteroatoms. The van der Waals surface area contributed by atoms with Crippen molar-refractivity contribution in [3.05, 3.63) is 0 Å². The van der Waals surface area contributed by atoms with Crippen molar-refractivity contribution in [2.24, 2.45) is 0 Å². The minimum atomic E-state index is -0.750. The Balaban J connectivity index is -0.0000000720. The highest BCUT2D eigenvalue weighted by atomic mass is 35.6. The van der Waals surface area contributed by atoms with Crippen LogP contribution in [0.3, 0.4) is 0 Å². The van der Waals surface area contributed by atoms with Crippen molar-refractivity contribution in [3.63, 3.8) is 0 Å². The fraction of sp³-hybridized carbons (Fsp3) is 0. The zero-order valence-corrected chi connectivity index (χ0v) is 8.46. The van der Waals surface area contributed by atoms with E-state index in [4.69, 9.17) is 68.8 Å². The van der Waals surface area contributed by atoms with Gasteiger partial charge in [-0.1, -0.05) is 0 Å². The fourth-order valence-corrected chi connectivity index (χ4v) is 0. The lowest BCUT2D eigenvalue weighted by Gasteiger charge is -1.61. The van der Waals surface area contributed by atoms with Gasteiger partial charge in [-0.3, -0.25) is 0 Å². The summed E-state index contributed by atoms with van der Waals surface area (Å²) in [6.45, 7) is 0. The molecule has 0 aliphatic carbocycles. The van der Waals surface area contributed by atoms with Crippen molar-refractivity contribution in [2.45, 2.75) is 0 Å². The summed E-state index contributed by atoms with van der Waals surface area (Å²) < 4.78 is 0. The lowest BCUT2D eigenvalue weighted by molar-refractivity contribution is 0.824. The van der Waals surface area contributed by atoms with E-state index in [1.165, 1.54) is 0 Å². The largest absolute Gasteiger partial charge is 0.450 e. The zero-order valence-electron chi connectivity index (χ0n) is 3.92. The Morgan fingerprint density at radius 1 is 0.556 bits per heavy atom. The normalized spacial score (nSPS) is 6.00. The fourth-order valence-electron chi connectivity index (χ4n) is 0. The van der Waals surface area contributed by atoms with Crippen molar-refractivity contribution < 1.29 is 5.48 Å². The zero-order chi connectivity index (χ0) is 7.15. The van der Waals surface area contributed by atoms with Gasteiger partial charge in [0, 0.05) is 0 Å². The van der Waals surface area contributed by atoms with Gasteiger partial charge >= 0.3 is 9.92 Å². The van der Waals surface area contributed by atoms with Crippen LogP contribution in [-0.4, -0.2) is 15.4 Å². The Kier molecular flexibility index (Phi) is 23.7. The van der Waals surface area contributed by atoms with Gasteiger partial charge in [-0.2, -0.15) is 68.8 Å². The molecule has 0 spiro atoms. The van der Waals surface area contributed by atoms with Crippen molar-refractivity contribution in [3.8, 4) is 0 Å². The van der Waals surface area contributed by atoms with Crippen LogP contribution in [-0.2, 0) is 0 Å². The molecule has 0 aliphatic heterocycles. The maximum Gasteiger partial charge on any atom is 0.450 e. The van der Waals surface area contributed by atoms with E-state index in [1.807, 2.05) is 0 Å². The first kappa shape index (κ1) is 17.1. The standard InChI is InChI=1S/2BCl3.H2O/c2*2-1(3)4;/h;;1H2. The predicted octanol–water partition coefficient (Wildman–Crippen LogP) is 2.55. The molecule has 0 amide bonds. The van der Waals surface area contributed by atoms with Crippen LogP contribution in [0.2, 0.25) is 0 Å². The van der Waals surface area contributed by atoms with E-state index in [0.29, 0.717) is 0 Å². The van der Waals surface area contributed by atoms with Crippen molar-refractivity contribution in [2.75, 3.05) is 0 Å². The second kappa shape index (κ2) is 12.5. The molecule has 0 aromatic carbocycles. The molecule has 0 heterocycles. The number of halogens is 6. The summed E-state index contributed by atoms with van der Waals surface area (Å²) in [6, 6.07) is 0. The number of rotatable bonds is 0. The highest BCUT2D eigenvalue weighted by Crippen LogP contribution is 1.97. The van der Waals surface area contributed by atoms with Crippen molar-refractivity contribution in [1.29, 1.82) is 0 Å².